The molecule has 1 aliphatic heterocycles. The molecule has 0 spiro atoms. The Morgan fingerprint density at radius 2 is 1.79 bits per heavy atom. The standard InChI is InChI=1S/C15H28N2O2/c1-3-10-16-12-5-7-13(8-6-12)17-15(18)14-9-4-11(2)19-14/h11-14,16H,3-10H2,1-2H3,(H,17,18). The Labute approximate surface area is 116 Å². The van der Waals surface area contributed by atoms with E-state index in [-0.39, 0.29) is 18.1 Å². The lowest BCUT2D eigenvalue weighted by atomic mass is 9.91. The lowest BCUT2D eigenvalue weighted by Gasteiger charge is -2.30. The lowest BCUT2D eigenvalue weighted by molar-refractivity contribution is -0.132. The minimum atomic E-state index is -0.203. The Kier molecular flexibility index (Phi) is 5.64. The normalized spacial score (nSPS) is 35.3. The molecule has 2 aliphatic rings. The highest BCUT2D eigenvalue weighted by atomic mass is 16.5. The van der Waals surface area contributed by atoms with Gasteiger partial charge < -0.3 is 15.4 Å². The van der Waals surface area contributed by atoms with E-state index in [9.17, 15) is 4.79 Å². The van der Waals surface area contributed by atoms with Gasteiger partial charge in [-0.05, 0) is 58.4 Å². The van der Waals surface area contributed by atoms with Crippen molar-refractivity contribution in [1.82, 2.24) is 10.6 Å². The molecule has 1 amide bonds. The maximum Gasteiger partial charge on any atom is 0.249 e. The lowest BCUT2D eigenvalue weighted by Crippen LogP contribution is -2.45. The van der Waals surface area contributed by atoms with Crippen molar-refractivity contribution in [1.29, 1.82) is 0 Å². The zero-order chi connectivity index (χ0) is 13.7. The molecule has 2 rings (SSSR count). The SMILES string of the molecule is CCCNC1CCC(NC(=O)C2CCC(C)O2)CC1. The topological polar surface area (TPSA) is 50.4 Å². The molecule has 0 radical (unpaired) electrons. The number of nitrogens with one attached hydrogen (secondary N) is 2. The summed E-state index contributed by atoms with van der Waals surface area (Å²) in [6, 6.07) is 1.00. The van der Waals surface area contributed by atoms with Crippen molar-refractivity contribution in [2.75, 3.05) is 6.54 Å². The molecule has 1 heterocycles. The molecule has 2 atom stereocenters. The highest BCUT2D eigenvalue weighted by Gasteiger charge is 2.30. The van der Waals surface area contributed by atoms with Crippen LogP contribution < -0.4 is 10.6 Å². The van der Waals surface area contributed by atoms with E-state index in [0.29, 0.717) is 12.1 Å². The van der Waals surface area contributed by atoms with Gasteiger partial charge in [-0.1, -0.05) is 6.92 Å². The molecule has 1 aliphatic carbocycles. The first-order valence-corrected chi connectivity index (χ1v) is 7.88. The number of ether oxygens (including phenoxy) is 1. The van der Waals surface area contributed by atoms with Crippen LogP contribution in [0.2, 0.25) is 0 Å². The first-order valence-electron chi connectivity index (χ1n) is 7.88. The largest absolute Gasteiger partial charge is 0.365 e. The molecule has 1 saturated carbocycles. The van der Waals surface area contributed by atoms with Crippen LogP contribution in [-0.2, 0) is 9.53 Å². The number of carbonyl (C=O) groups excluding carboxylic acids is 1. The van der Waals surface area contributed by atoms with E-state index in [4.69, 9.17) is 4.74 Å². The van der Waals surface area contributed by atoms with Crippen molar-refractivity contribution >= 4 is 5.91 Å². The molecule has 0 bridgehead atoms. The van der Waals surface area contributed by atoms with E-state index in [2.05, 4.69) is 17.6 Å². The van der Waals surface area contributed by atoms with Gasteiger partial charge in [0.1, 0.15) is 6.10 Å². The summed E-state index contributed by atoms with van der Waals surface area (Å²) in [5, 5.41) is 6.73. The van der Waals surface area contributed by atoms with Crippen LogP contribution >= 0.6 is 0 Å². The zero-order valence-electron chi connectivity index (χ0n) is 12.3. The maximum atomic E-state index is 12.1. The van der Waals surface area contributed by atoms with Crippen LogP contribution in [0.15, 0.2) is 0 Å². The van der Waals surface area contributed by atoms with Crippen LogP contribution in [0.25, 0.3) is 0 Å². The number of carbonyl (C=O) groups is 1. The molecule has 110 valence electrons. The molecule has 2 N–H and O–H groups in total. The van der Waals surface area contributed by atoms with E-state index in [1.165, 1.54) is 19.3 Å². The highest BCUT2D eigenvalue weighted by Crippen LogP contribution is 2.22. The Bertz CT molecular complexity index is 288. The quantitative estimate of drug-likeness (QED) is 0.801. The second-order valence-electron chi connectivity index (χ2n) is 6.02. The van der Waals surface area contributed by atoms with Gasteiger partial charge in [0.05, 0.1) is 6.10 Å². The van der Waals surface area contributed by atoms with E-state index in [1.807, 2.05) is 6.92 Å². The summed E-state index contributed by atoms with van der Waals surface area (Å²) in [7, 11) is 0. The minimum absolute atomic E-state index is 0.106. The van der Waals surface area contributed by atoms with Crippen molar-refractivity contribution in [2.45, 2.75) is 83.1 Å². The molecule has 4 nitrogen and oxygen atoms in total. The van der Waals surface area contributed by atoms with E-state index < -0.39 is 0 Å². The van der Waals surface area contributed by atoms with Crippen molar-refractivity contribution in [2.24, 2.45) is 0 Å². The van der Waals surface area contributed by atoms with Crippen LogP contribution in [0.1, 0.15) is 58.8 Å². The van der Waals surface area contributed by atoms with Gasteiger partial charge in [0.2, 0.25) is 5.91 Å². The van der Waals surface area contributed by atoms with Crippen molar-refractivity contribution in [3.8, 4) is 0 Å². The maximum absolute atomic E-state index is 12.1. The Balaban J connectivity index is 1.66. The van der Waals surface area contributed by atoms with Gasteiger partial charge in [-0.3, -0.25) is 4.79 Å². The van der Waals surface area contributed by atoms with Gasteiger partial charge in [-0.2, -0.15) is 0 Å². The summed E-state index contributed by atoms with van der Waals surface area (Å²) < 4.78 is 5.61. The molecular weight excluding hydrogens is 240 g/mol. The van der Waals surface area contributed by atoms with E-state index in [1.54, 1.807) is 0 Å². The third kappa shape index (κ3) is 4.46. The second-order valence-corrected chi connectivity index (χ2v) is 6.02. The molecule has 2 fully saturated rings. The summed E-state index contributed by atoms with van der Waals surface area (Å²) >= 11 is 0. The predicted octanol–water partition coefficient (Wildman–Crippen LogP) is 1.98. The minimum Gasteiger partial charge on any atom is -0.365 e. The van der Waals surface area contributed by atoms with Gasteiger partial charge in [0.25, 0.3) is 0 Å². The van der Waals surface area contributed by atoms with Gasteiger partial charge in [-0.15, -0.1) is 0 Å². The third-order valence-corrected chi connectivity index (χ3v) is 4.28. The molecule has 1 saturated heterocycles. The smallest absolute Gasteiger partial charge is 0.249 e. The van der Waals surface area contributed by atoms with Crippen molar-refractivity contribution in [3.63, 3.8) is 0 Å². The highest BCUT2D eigenvalue weighted by molar-refractivity contribution is 5.81. The average Bonchev–Trinajstić information content (AvgIpc) is 2.85. The van der Waals surface area contributed by atoms with Gasteiger partial charge in [0, 0.05) is 12.1 Å². The van der Waals surface area contributed by atoms with Crippen LogP contribution in [-0.4, -0.2) is 36.7 Å². The predicted molar refractivity (Wildman–Crippen MR) is 76.0 cm³/mol. The molecule has 0 aromatic heterocycles. The number of rotatable bonds is 5. The van der Waals surface area contributed by atoms with Crippen LogP contribution in [0, 0.1) is 0 Å². The third-order valence-electron chi connectivity index (χ3n) is 4.28. The molecule has 0 aromatic rings. The zero-order valence-corrected chi connectivity index (χ0v) is 12.3. The summed E-state index contributed by atoms with van der Waals surface area (Å²) in [4.78, 5) is 12.1. The average molecular weight is 268 g/mol. The number of hydrogen-bond acceptors (Lipinski definition) is 3. The van der Waals surface area contributed by atoms with Crippen LogP contribution in [0.5, 0.6) is 0 Å². The van der Waals surface area contributed by atoms with Crippen molar-refractivity contribution < 1.29 is 9.53 Å². The summed E-state index contributed by atoms with van der Waals surface area (Å²) in [6.45, 7) is 5.34. The fourth-order valence-corrected chi connectivity index (χ4v) is 3.08. The number of amides is 1. The molecular formula is C15H28N2O2. The molecule has 4 heteroatoms. The van der Waals surface area contributed by atoms with Crippen molar-refractivity contribution in [3.05, 3.63) is 0 Å². The molecule has 19 heavy (non-hydrogen) atoms. The van der Waals surface area contributed by atoms with E-state index >= 15 is 0 Å². The number of hydrogen-bond donors (Lipinski definition) is 2. The Hall–Kier alpha value is -0.610. The fraction of sp³-hybridized carbons (Fsp3) is 0.933. The van der Waals surface area contributed by atoms with Gasteiger partial charge in [0.15, 0.2) is 0 Å². The van der Waals surface area contributed by atoms with E-state index in [0.717, 1.165) is 32.2 Å². The first-order chi connectivity index (χ1) is 9.19. The monoisotopic (exact) mass is 268 g/mol. The van der Waals surface area contributed by atoms with Gasteiger partial charge >= 0.3 is 0 Å². The molecule has 2 unspecified atom stereocenters. The van der Waals surface area contributed by atoms with Gasteiger partial charge in [-0.25, -0.2) is 0 Å². The second kappa shape index (κ2) is 7.25. The summed E-state index contributed by atoms with van der Waals surface area (Å²) in [5.74, 6) is 0.106. The molecule has 0 aromatic carbocycles. The summed E-state index contributed by atoms with van der Waals surface area (Å²) in [5.41, 5.74) is 0. The first kappa shape index (κ1) is 14.8. The Morgan fingerprint density at radius 3 is 2.37 bits per heavy atom. The Morgan fingerprint density at radius 1 is 1.11 bits per heavy atom. The fourth-order valence-electron chi connectivity index (χ4n) is 3.08. The summed E-state index contributed by atoms with van der Waals surface area (Å²) in [6.07, 6.45) is 7.64. The van der Waals surface area contributed by atoms with Crippen LogP contribution in [0.3, 0.4) is 0 Å². The van der Waals surface area contributed by atoms with Crippen LogP contribution in [0.4, 0.5) is 0 Å².